The van der Waals surface area contributed by atoms with E-state index in [0.717, 1.165) is 29.1 Å². The van der Waals surface area contributed by atoms with Crippen LogP contribution in [-0.4, -0.2) is 48.6 Å². The Labute approximate surface area is 186 Å². The summed E-state index contributed by atoms with van der Waals surface area (Å²) < 4.78 is 20.8. The van der Waals surface area contributed by atoms with E-state index in [-0.39, 0.29) is 23.9 Å². The van der Waals surface area contributed by atoms with Crippen molar-refractivity contribution < 1.29 is 13.9 Å². The minimum Gasteiger partial charge on any atom is -0.494 e. The molecule has 0 bridgehead atoms. The van der Waals surface area contributed by atoms with Crippen LogP contribution in [0.4, 0.5) is 9.52 Å². The number of carbonyl (C=O) groups excluding carboxylic acids is 1. The van der Waals surface area contributed by atoms with Crippen LogP contribution in [0, 0.1) is 5.82 Å². The molecule has 0 unspecified atom stereocenters. The normalized spacial score (nSPS) is 10.8. The van der Waals surface area contributed by atoms with Crippen molar-refractivity contribution >= 4 is 45.0 Å². The second kappa shape index (κ2) is 11.2. The maximum absolute atomic E-state index is 14.3. The van der Waals surface area contributed by atoms with Crippen LogP contribution >= 0.6 is 23.7 Å². The smallest absolute Gasteiger partial charge is 0.263 e. The summed E-state index contributed by atoms with van der Waals surface area (Å²) in [6, 6.07) is 11.8. The zero-order chi connectivity index (χ0) is 20.8. The Morgan fingerprint density at radius 2 is 1.83 bits per heavy atom. The Kier molecular flexibility index (Phi) is 9.02. The highest BCUT2D eigenvalue weighted by molar-refractivity contribution is 7.22. The summed E-state index contributed by atoms with van der Waals surface area (Å²) in [5.74, 6) is -0.130. The molecule has 8 heteroatoms. The topological polar surface area (TPSA) is 45.7 Å². The van der Waals surface area contributed by atoms with Crippen LogP contribution in [0.1, 0.15) is 31.1 Å². The van der Waals surface area contributed by atoms with Gasteiger partial charge in [0.1, 0.15) is 11.6 Å². The Balaban J connectivity index is 0.00000320. The Bertz CT molecular complexity index is 978. The van der Waals surface area contributed by atoms with Crippen molar-refractivity contribution in [3.8, 4) is 5.75 Å². The van der Waals surface area contributed by atoms with Gasteiger partial charge in [-0.1, -0.05) is 37.3 Å². The zero-order valence-corrected chi connectivity index (χ0v) is 19.1. The third kappa shape index (κ3) is 5.47. The number of amides is 1. The monoisotopic (exact) mass is 451 g/mol. The Morgan fingerprint density at radius 3 is 2.50 bits per heavy atom. The quantitative estimate of drug-likeness (QED) is 0.446. The highest BCUT2D eigenvalue weighted by atomic mass is 35.5. The second-order valence-corrected chi connectivity index (χ2v) is 7.53. The summed E-state index contributed by atoms with van der Waals surface area (Å²) in [6.07, 6.45) is 0. The summed E-state index contributed by atoms with van der Waals surface area (Å²) in [5.41, 5.74) is 0.851. The highest BCUT2D eigenvalue weighted by Gasteiger charge is 2.24. The molecule has 0 saturated heterocycles. The van der Waals surface area contributed by atoms with Crippen LogP contribution in [0.15, 0.2) is 42.5 Å². The molecule has 162 valence electrons. The maximum Gasteiger partial charge on any atom is 0.263 e. The molecule has 0 saturated carbocycles. The molecule has 0 radical (unpaired) electrons. The fourth-order valence-electron chi connectivity index (χ4n) is 3.11. The number of hydrogen-bond acceptors (Lipinski definition) is 5. The first-order valence-corrected chi connectivity index (χ1v) is 10.7. The van der Waals surface area contributed by atoms with Gasteiger partial charge in [-0.3, -0.25) is 9.69 Å². The summed E-state index contributed by atoms with van der Waals surface area (Å²) in [4.78, 5) is 21.7. The third-order valence-corrected chi connectivity index (χ3v) is 5.82. The van der Waals surface area contributed by atoms with Gasteiger partial charge in [0, 0.05) is 13.1 Å². The lowest BCUT2D eigenvalue weighted by molar-refractivity contribution is 0.0980. The van der Waals surface area contributed by atoms with Crippen LogP contribution in [0.2, 0.25) is 0 Å². The van der Waals surface area contributed by atoms with E-state index in [0.29, 0.717) is 24.8 Å². The number of likely N-dealkylation sites (N-methyl/N-ethyl adjacent to an activating group) is 1. The second-order valence-electron chi connectivity index (χ2n) is 6.52. The number of carbonyl (C=O) groups is 1. The fraction of sp³-hybridized carbons (Fsp3) is 0.364. The van der Waals surface area contributed by atoms with E-state index >= 15 is 0 Å². The molecule has 0 fully saturated rings. The van der Waals surface area contributed by atoms with E-state index in [2.05, 4.69) is 23.7 Å². The van der Waals surface area contributed by atoms with E-state index < -0.39 is 5.82 Å². The van der Waals surface area contributed by atoms with Crippen molar-refractivity contribution in [3.63, 3.8) is 0 Å². The molecule has 0 aliphatic carbocycles. The van der Waals surface area contributed by atoms with E-state index in [1.165, 1.54) is 23.5 Å². The largest absolute Gasteiger partial charge is 0.494 e. The molecular formula is C22H27ClFN3O2S. The number of ether oxygens (including phenoxy) is 1. The minimum atomic E-state index is -0.523. The highest BCUT2D eigenvalue weighted by Crippen LogP contribution is 2.32. The van der Waals surface area contributed by atoms with Crippen LogP contribution in [0.5, 0.6) is 5.75 Å². The van der Waals surface area contributed by atoms with Gasteiger partial charge in [0.05, 0.1) is 22.4 Å². The number of thiazole rings is 1. The van der Waals surface area contributed by atoms with Gasteiger partial charge in [-0.15, -0.1) is 12.4 Å². The fourth-order valence-corrected chi connectivity index (χ4v) is 4.13. The number of benzene rings is 2. The van der Waals surface area contributed by atoms with Crippen molar-refractivity contribution in [2.24, 2.45) is 0 Å². The predicted octanol–water partition coefficient (Wildman–Crippen LogP) is 5.24. The van der Waals surface area contributed by atoms with Crippen LogP contribution in [-0.2, 0) is 0 Å². The van der Waals surface area contributed by atoms with Gasteiger partial charge in [0.15, 0.2) is 5.13 Å². The molecule has 1 amide bonds. The van der Waals surface area contributed by atoms with Gasteiger partial charge in [-0.05, 0) is 50.3 Å². The Morgan fingerprint density at radius 1 is 1.10 bits per heavy atom. The van der Waals surface area contributed by atoms with Crippen LogP contribution in [0.25, 0.3) is 10.2 Å². The number of rotatable bonds is 9. The van der Waals surface area contributed by atoms with Crippen molar-refractivity contribution in [1.82, 2.24) is 9.88 Å². The molecule has 2 aromatic carbocycles. The standard InChI is InChI=1S/C22H26FN3O2S.ClH/c1-4-25(5-2)13-14-26(21(27)17-9-7-8-10-18(17)23)22-24-19-12-11-16(28-6-3)15-20(19)29-22;/h7-12,15H,4-6,13-14H2,1-3H3;1H. The summed E-state index contributed by atoms with van der Waals surface area (Å²) in [5, 5.41) is 0.564. The number of nitrogens with zero attached hydrogens (tertiary/aromatic N) is 3. The SMILES string of the molecule is CCOc1ccc2nc(N(CCN(CC)CC)C(=O)c3ccccc3F)sc2c1.Cl. The molecule has 0 N–H and O–H groups in total. The van der Waals surface area contributed by atoms with E-state index in [4.69, 9.17) is 4.74 Å². The molecule has 1 heterocycles. The molecule has 1 aromatic heterocycles. The summed E-state index contributed by atoms with van der Waals surface area (Å²) in [7, 11) is 0. The molecule has 0 aliphatic rings. The van der Waals surface area contributed by atoms with Crippen LogP contribution in [0.3, 0.4) is 0 Å². The number of halogens is 2. The summed E-state index contributed by atoms with van der Waals surface area (Å²) >= 11 is 1.41. The van der Waals surface area contributed by atoms with Gasteiger partial charge >= 0.3 is 0 Å². The lowest BCUT2D eigenvalue weighted by Crippen LogP contribution is -2.39. The molecule has 0 spiro atoms. The number of anilines is 1. The van der Waals surface area contributed by atoms with Gasteiger partial charge < -0.3 is 9.64 Å². The summed E-state index contributed by atoms with van der Waals surface area (Å²) in [6.45, 7) is 9.58. The predicted molar refractivity (Wildman–Crippen MR) is 124 cm³/mol. The van der Waals surface area contributed by atoms with Crippen molar-refractivity contribution in [2.45, 2.75) is 20.8 Å². The molecule has 0 atom stereocenters. The lowest BCUT2D eigenvalue weighted by atomic mass is 10.2. The molecular weight excluding hydrogens is 425 g/mol. The van der Waals surface area contributed by atoms with Crippen molar-refractivity contribution in [1.29, 1.82) is 0 Å². The molecule has 0 aliphatic heterocycles. The van der Waals surface area contributed by atoms with Gasteiger partial charge in [0.25, 0.3) is 5.91 Å². The number of hydrogen-bond donors (Lipinski definition) is 0. The van der Waals surface area contributed by atoms with E-state index in [1.54, 1.807) is 17.0 Å². The van der Waals surface area contributed by atoms with Gasteiger partial charge in [-0.25, -0.2) is 9.37 Å². The number of aromatic nitrogens is 1. The number of fused-ring (bicyclic) bond motifs is 1. The Hall–Kier alpha value is -2.22. The molecule has 5 nitrogen and oxygen atoms in total. The van der Waals surface area contributed by atoms with Crippen molar-refractivity contribution in [3.05, 3.63) is 53.8 Å². The van der Waals surface area contributed by atoms with Gasteiger partial charge in [0.2, 0.25) is 0 Å². The average Bonchev–Trinajstić information content (AvgIpc) is 3.14. The zero-order valence-electron chi connectivity index (χ0n) is 17.4. The lowest BCUT2D eigenvalue weighted by Gasteiger charge is -2.24. The van der Waals surface area contributed by atoms with E-state index in [9.17, 15) is 9.18 Å². The molecule has 3 aromatic rings. The van der Waals surface area contributed by atoms with Crippen molar-refractivity contribution in [2.75, 3.05) is 37.7 Å². The first-order valence-electron chi connectivity index (χ1n) is 9.89. The first kappa shape index (κ1) is 24.1. The van der Waals surface area contributed by atoms with Crippen LogP contribution < -0.4 is 9.64 Å². The van der Waals surface area contributed by atoms with Gasteiger partial charge in [-0.2, -0.15) is 0 Å². The maximum atomic E-state index is 14.3. The minimum absolute atomic E-state index is 0. The molecule has 30 heavy (non-hydrogen) atoms. The average molecular weight is 452 g/mol. The third-order valence-electron chi connectivity index (χ3n) is 4.77. The first-order chi connectivity index (χ1) is 14.1. The molecule has 3 rings (SSSR count). The van der Waals surface area contributed by atoms with E-state index in [1.807, 2.05) is 25.1 Å².